The van der Waals surface area contributed by atoms with E-state index in [0.29, 0.717) is 5.02 Å². The van der Waals surface area contributed by atoms with E-state index in [9.17, 15) is 4.39 Å². The van der Waals surface area contributed by atoms with Crippen LogP contribution in [0.5, 0.6) is 0 Å². The van der Waals surface area contributed by atoms with Crippen LogP contribution in [0.1, 0.15) is 36.1 Å². The van der Waals surface area contributed by atoms with Gasteiger partial charge in [-0.05, 0) is 60.8 Å². The maximum Gasteiger partial charge on any atom is 0.123 e. The zero-order chi connectivity index (χ0) is 15.4. The van der Waals surface area contributed by atoms with E-state index in [1.54, 1.807) is 6.07 Å². The summed E-state index contributed by atoms with van der Waals surface area (Å²) in [6.07, 6.45) is 0.993. The first-order valence-corrected chi connectivity index (χ1v) is 8.14. The van der Waals surface area contributed by atoms with Crippen LogP contribution in [0, 0.1) is 12.7 Å². The van der Waals surface area contributed by atoms with Crippen LogP contribution in [-0.4, -0.2) is 6.54 Å². The van der Waals surface area contributed by atoms with Gasteiger partial charge in [0.1, 0.15) is 5.82 Å². The number of hydrogen-bond acceptors (Lipinski definition) is 1. The van der Waals surface area contributed by atoms with Crippen LogP contribution < -0.4 is 5.32 Å². The zero-order valence-electron chi connectivity index (χ0n) is 12.1. The van der Waals surface area contributed by atoms with Crippen LogP contribution in [0.15, 0.2) is 40.9 Å². The second-order valence-electron chi connectivity index (χ2n) is 5.08. The Morgan fingerprint density at radius 3 is 2.62 bits per heavy atom. The summed E-state index contributed by atoms with van der Waals surface area (Å²) in [5.74, 6) is -0.277. The Hall–Kier alpha value is -0.900. The first-order chi connectivity index (χ1) is 10.0. The molecule has 2 aromatic rings. The highest BCUT2D eigenvalue weighted by molar-refractivity contribution is 9.10. The van der Waals surface area contributed by atoms with Crippen LogP contribution in [0.2, 0.25) is 5.02 Å². The average Bonchev–Trinajstić information content (AvgIpc) is 2.44. The lowest BCUT2D eigenvalue weighted by Crippen LogP contribution is -2.24. The molecule has 0 radical (unpaired) electrons. The minimum atomic E-state index is -0.277. The second-order valence-corrected chi connectivity index (χ2v) is 6.34. The molecule has 0 heterocycles. The highest BCUT2D eigenvalue weighted by atomic mass is 79.9. The minimum absolute atomic E-state index is 0.136. The number of aryl methyl sites for hydroxylation is 1. The highest BCUT2D eigenvalue weighted by Crippen LogP contribution is 2.33. The molecule has 21 heavy (non-hydrogen) atoms. The first-order valence-electron chi connectivity index (χ1n) is 6.97. The quantitative estimate of drug-likeness (QED) is 0.718. The fourth-order valence-electron chi connectivity index (χ4n) is 2.28. The van der Waals surface area contributed by atoms with Crippen molar-refractivity contribution in [2.45, 2.75) is 26.3 Å². The minimum Gasteiger partial charge on any atom is -0.306 e. The lowest BCUT2D eigenvalue weighted by Gasteiger charge is -2.22. The largest absolute Gasteiger partial charge is 0.306 e. The van der Waals surface area contributed by atoms with Crippen molar-refractivity contribution < 1.29 is 4.39 Å². The Labute approximate surface area is 138 Å². The molecule has 0 aliphatic heterocycles. The molecule has 4 heteroatoms. The van der Waals surface area contributed by atoms with Gasteiger partial charge in [-0.25, -0.2) is 4.39 Å². The van der Waals surface area contributed by atoms with Gasteiger partial charge in [0.2, 0.25) is 0 Å². The van der Waals surface area contributed by atoms with Gasteiger partial charge in [0.05, 0.1) is 6.04 Å². The van der Waals surface area contributed by atoms with E-state index in [-0.39, 0.29) is 11.9 Å². The topological polar surface area (TPSA) is 12.0 Å². The molecule has 2 rings (SSSR count). The van der Waals surface area contributed by atoms with Gasteiger partial charge in [0.25, 0.3) is 0 Å². The SMILES string of the molecule is CCCNC(c1cc(F)ccc1Cl)c1ccc(C)cc1Br. The van der Waals surface area contributed by atoms with Crippen LogP contribution in [-0.2, 0) is 0 Å². The van der Waals surface area contributed by atoms with E-state index in [4.69, 9.17) is 11.6 Å². The van der Waals surface area contributed by atoms with Crippen molar-refractivity contribution in [1.82, 2.24) is 5.32 Å². The van der Waals surface area contributed by atoms with Crippen LogP contribution in [0.25, 0.3) is 0 Å². The van der Waals surface area contributed by atoms with E-state index < -0.39 is 0 Å². The summed E-state index contributed by atoms with van der Waals surface area (Å²) >= 11 is 9.88. The van der Waals surface area contributed by atoms with Crippen molar-refractivity contribution in [3.8, 4) is 0 Å². The maximum absolute atomic E-state index is 13.6. The predicted octanol–water partition coefficient (Wildman–Crippen LogP) is 5.64. The Morgan fingerprint density at radius 1 is 1.19 bits per heavy atom. The van der Waals surface area contributed by atoms with Crippen molar-refractivity contribution in [1.29, 1.82) is 0 Å². The Bertz CT molecular complexity index is 630. The average molecular weight is 371 g/mol. The van der Waals surface area contributed by atoms with Crippen molar-refractivity contribution in [2.24, 2.45) is 0 Å². The molecule has 0 aliphatic carbocycles. The standard InChI is InChI=1S/C17H18BrClFN/c1-3-8-21-17(13-6-4-11(2)9-15(13)18)14-10-12(20)5-7-16(14)19/h4-7,9-10,17,21H,3,8H2,1-2H3. The van der Waals surface area contributed by atoms with Gasteiger partial charge < -0.3 is 5.32 Å². The molecule has 2 aromatic carbocycles. The maximum atomic E-state index is 13.6. The van der Waals surface area contributed by atoms with Crippen LogP contribution in [0.3, 0.4) is 0 Å². The lowest BCUT2D eigenvalue weighted by molar-refractivity contribution is 0.584. The zero-order valence-corrected chi connectivity index (χ0v) is 14.4. The second kappa shape index (κ2) is 7.39. The fraction of sp³-hybridized carbons (Fsp3) is 0.294. The van der Waals surface area contributed by atoms with Crippen LogP contribution in [0.4, 0.5) is 4.39 Å². The number of nitrogens with one attached hydrogen (secondary N) is 1. The molecule has 1 atom stereocenters. The third-order valence-corrected chi connectivity index (χ3v) is 4.37. The van der Waals surface area contributed by atoms with Crippen molar-refractivity contribution in [3.05, 3.63) is 68.4 Å². The van der Waals surface area contributed by atoms with Gasteiger partial charge in [0.15, 0.2) is 0 Å². The van der Waals surface area contributed by atoms with E-state index >= 15 is 0 Å². The summed E-state index contributed by atoms with van der Waals surface area (Å²) in [6, 6.07) is 10.5. The molecule has 1 unspecified atom stereocenters. The molecule has 1 nitrogen and oxygen atoms in total. The van der Waals surface area contributed by atoms with E-state index in [2.05, 4.69) is 34.2 Å². The normalized spacial score (nSPS) is 12.4. The summed E-state index contributed by atoms with van der Waals surface area (Å²) < 4.78 is 14.6. The van der Waals surface area contributed by atoms with E-state index in [1.807, 2.05) is 19.1 Å². The van der Waals surface area contributed by atoms with Crippen molar-refractivity contribution >= 4 is 27.5 Å². The molecule has 0 aromatic heterocycles. The van der Waals surface area contributed by atoms with Crippen molar-refractivity contribution in [2.75, 3.05) is 6.54 Å². The molecule has 0 aliphatic rings. The number of rotatable bonds is 5. The molecule has 0 amide bonds. The summed E-state index contributed by atoms with van der Waals surface area (Å²) in [6.45, 7) is 4.97. The summed E-state index contributed by atoms with van der Waals surface area (Å²) in [7, 11) is 0. The molecule has 1 N–H and O–H groups in total. The third kappa shape index (κ3) is 4.06. The summed E-state index contributed by atoms with van der Waals surface area (Å²) in [4.78, 5) is 0. The highest BCUT2D eigenvalue weighted by Gasteiger charge is 2.19. The molecule has 0 saturated heterocycles. The van der Waals surface area contributed by atoms with Gasteiger partial charge in [-0.2, -0.15) is 0 Å². The Balaban J connectivity index is 2.49. The molecule has 0 saturated carbocycles. The number of hydrogen-bond donors (Lipinski definition) is 1. The van der Waals surface area contributed by atoms with Gasteiger partial charge in [-0.3, -0.25) is 0 Å². The third-order valence-electron chi connectivity index (χ3n) is 3.33. The predicted molar refractivity (Wildman–Crippen MR) is 90.4 cm³/mol. The fourth-order valence-corrected chi connectivity index (χ4v) is 3.23. The van der Waals surface area contributed by atoms with Crippen molar-refractivity contribution in [3.63, 3.8) is 0 Å². The molecular formula is C17H18BrClFN. The Kier molecular flexibility index (Phi) is 5.80. The monoisotopic (exact) mass is 369 g/mol. The first kappa shape index (κ1) is 16.5. The Morgan fingerprint density at radius 2 is 1.95 bits per heavy atom. The lowest BCUT2D eigenvalue weighted by atomic mass is 9.97. The molecule has 0 spiro atoms. The number of halogens is 3. The molecular weight excluding hydrogens is 353 g/mol. The number of benzene rings is 2. The smallest absolute Gasteiger partial charge is 0.123 e. The van der Waals surface area contributed by atoms with E-state index in [1.165, 1.54) is 17.7 Å². The van der Waals surface area contributed by atoms with Gasteiger partial charge in [-0.15, -0.1) is 0 Å². The molecule has 0 bridgehead atoms. The van der Waals surface area contributed by atoms with E-state index in [0.717, 1.165) is 28.6 Å². The summed E-state index contributed by atoms with van der Waals surface area (Å²) in [5, 5.41) is 4.02. The van der Waals surface area contributed by atoms with Gasteiger partial charge in [0, 0.05) is 9.50 Å². The molecule has 0 fully saturated rings. The summed E-state index contributed by atoms with van der Waals surface area (Å²) in [5.41, 5.74) is 2.99. The van der Waals surface area contributed by atoms with Crippen LogP contribution >= 0.6 is 27.5 Å². The van der Waals surface area contributed by atoms with Gasteiger partial charge in [-0.1, -0.05) is 46.6 Å². The van der Waals surface area contributed by atoms with Gasteiger partial charge >= 0.3 is 0 Å². The molecule has 112 valence electrons.